The van der Waals surface area contributed by atoms with Gasteiger partial charge < -0.3 is 0 Å². The summed E-state index contributed by atoms with van der Waals surface area (Å²) in [5.41, 5.74) is 4.96. The summed E-state index contributed by atoms with van der Waals surface area (Å²) in [6.07, 6.45) is 5.24. The van der Waals surface area contributed by atoms with E-state index in [1.54, 1.807) is 0 Å². The van der Waals surface area contributed by atoms with E-state index in [9.17, 15) is 0 Å². The molecule has 21 heavy (non-hydrogen) atoms. The van der Waals surface area contributed by atoms with Crippen molar-refractivity contribution < 1.29 is 0 Å². The van der Waals surface area contributed by atoms with Crippen molar-refractivity contribution in [3.8, 4) is 11.1 Å². The van der Waals surface area contributed by atoms with Gasteiger partial charge in [-0.2, -0.15) is 0 Å². The van der Waals surface area contributed by atoms with Gasteiger partial charge in [0.2, 0.25) is 0 Å². The molecule has 1 heterocycles. The number of hydrogen-bond acceptors (Lipinski definition) is 1. The molecule has 2 aromatic rings. The van der Waals surface area contributed by atoms with Crippen molar-refractivity contribution in [3.63, 3.8) is 0 Å². The Morgan fingerprint density at radius 2 is 1.62 bits per heavy atom. The fourth-order valence-electron chi connectivity index (χ4n) is 2.75. The summed E-state index contributed by atoms with van der Waals surface area (Å²) in [5, 5.41) is 0. The molecule has 1 atom stereocenters. The van der Waals surface area contributed by atoms with Gasteiger partial charge >= 0.3 is 0 Å². The topological polar surface area (TPSA) is 12.4 Å². The Kier molecular flexibility index (Phi) is 4.01. The van der Waals surface area contributed by atoms with Crippen molar-refractivity contribution >= 4 is 5.71 Å². The SMILES string of the molecule is CC(C)C1C=CN=C(c2cccc(-c3ccccc3)c2)C1. The molecule has 1 heteroatoms. The Morgan fingerprint density at radius 3 is 2.38 bits per heavy atom. The molecule has 0 fully saturated rings. The molecule has 0 aliphatic carbocycles. The summed E-state index contributed by atoms with van der Waals surface area (Å²) < 4.78 is 0. The van der Waals surface area contributed by atoms with Crippen molar-refractivity contribution in [1.29, 1.82) is 0 Å². The van der Waals surface area contributed by atoms with Crippen LogP contribution in [0, 0.1) is 11.8 Å². The smallest absolute Gasteiger partial charge is 0.0481 e. The number of nitrogens with zero attached hydrogens (tertiary/aromatic N) is 1. The summed E-state index contributed by atoms with van der Waals surface area (Å²) in [4.78, 5) is 4.60. The number of aliphatic imine (C=N–C) groups is 1. The van der Waals surface area contributed by atoms with Crippen LogP contribution in [0.5, 0.6) is 0 Å². The average molecular weight is 275 g/mol. The molecule has 0 amide bonds. The molecule has 0 bridgehead atoms. The molecule has 3 rings (SSSR count). The van der Waals surface area contributed by atoms with E-state index < -0.39 is 0 Å². The van der Waals surface area contributed by atoms with Crippen molar-refractivity contribution in [2.24, 2.45) is 16.8 Å². The molecule has 0 N–H and O–H groups in total. The highest BCUT2D eigenvalue weighted by atomic mass is 14.7. The van der Waals surface area contributed by atoms with E-state index in [0.717, 1.165) is 6.42 Å². The number of benzene rings is 2. The first-order valence-corrected chi connectivity index (χ1v) is 7.63. The second-order valence-corrected chi connectivity index (χ2v) is 5.98. The summed E-state index contributed by atoms with van der Waals surface area (Å²) in [6.45, 7) is 4.55. The molecule has 0 aromatic heterocycles. The first-order valence-electron chi connectivity index (χ1n) is 7.63. The lowest BCUT2D eigenvalue weighted by atomic mass is 9.86. The van der Waals surface area contributed by atoms with Gasteiger partial charge in [0.25, 0.3) is 0 Å². The molecule has 1 aliphatic rings. The minimum absolute atomic E-state index is 0.595. The average Bonchev–Trinajstić information content (AvgIpc) is 2.56. The van der Waals surface area contributed by atoms with Gasteiger partial charge in [0.15, 0.2) is 0 Å². The van der Waals surface area contributed by atoms with Gasteiger partial charge in [-0.15, -0.1) is 0 Å². The van der Waals surface area contributed by atoms with Gasteiger partial charge in [0.05, 0.1) is 0 Å². The standard InChI is InChI=1S/C20H21N/c1-15(2)17-11-12-21-20(14-17)19-10-6-9-18(13-19)16-7-4-3-5-8-16/h3-13,15,17H,14H2,1-2H3. The van der Waals surface area contributed by atoms with Gasteiger partial charge in [-0.3, -0.25) is 4.99 Å². The van der Waals surface area contributed by atoms with Crippen LogP contribution in [0.25, 0.3) is 11.1 Å². The van der Waals surface area contributed by atoms with E-state index >= 15 is 0 Å². The van der Waals surface area contributed by atoms with E-state index in [-0.39, 0.29) is 0 Å². The Bertz CT molecular complexity index is 665. The minimum Gasteiger partial charge on any atom is -0.261 e. The Labute approximate surface area is 127 Å². The molecule has 1 nitrogen and oxygen atoms in total. The summed E-state index contributed by atoms with van der Waals surface area (Å²) >= 11 is 0. The fraction of sp³-hybridized carbons (Fsp3) is 0.250. The molecule has 106 valence electrons. The van der Waals surface area contributed by atoms with E-state index in [4.69, 9.17) is 0 Å². The largest absolute Gasteiger partial charge is 0.261 e. The van der Waals surface area contributed by atoms with E-state index in [0.29, 0.717) is 11.8 Å². The predicted molar refractivity (Wildman–Crippen MR) is 90.5 cm³/mol. The third kappa shape index (κ3) is 3.13. The summed E-state index contributed by atoms with van der Waals surface area (Å²) in [5.74, 6) is 1.25. The van der Waals surface area contributed by atoms with Crippen molar-refractivity contribution in [2.45, 2.75) is 20.3 Å². The number of hydrogen-bond donors (Lipinski definition) is 0. The predicted octanol–water partition coefficient (Wildman–Crippen LogP) is 5.33. The van der Waals surface area contributed by atoms with Crippen molar-refractivity contribution in [1.82, 2.24) is 0 Å². The van der Waals surface area contributed by atoms with Gasteiger partial charge in [-0.1, -0.05) is 68.5 Å². The molecule has 0 saturated carbocycles. The molecule has 2 aromatic carbocycles. The molecular weight excluding hydrogens is 254 g/mol. The molecule has 1 aliphatic heterocycles. The highest BCUT2D eigenvalue weighted by Gasteiger charge is 2.17. The molecule has 0 radical (unpaired) electrons. The third-order valence-electron chi connectivity index (χ3n) is 4.15. The van der Waals surface area contributed by atoms with E-state index in [1.165, 1.54) is 22.4 Å². The van der Waals surface area contributed by atoms with Crippen molar-refractivity contribution in [2.75, 3.05) is 0 Å². The maximum Gasteiger partial charge on any atom is 0.0481 e. The molecule has 1 unspecified atom stereocenters. The number of rotatable bonds is 3. The highest BCUT2D eigenvalue weighted by molar-refractivity contribution is 6.02. The zero-order valence-corrected chi connectivity index (χ0v) is 12.7. The maximum absolute atomic E-state index is 4.60. The lowest BCUT2D eigenvalue weighted by Gasteiger charge is -2.21. The Hall–Kier alpha value is -2.15. The monoisotopic (exact) mass is 275 g/mol. The highest BCUT2D eigenvalue weighted by Crippen LogP contribution is 2.26. The van der Waals surface area contributed by atoms with Crippen LogP contribution in [-0.2, 0) is 0 Å². The third-order valence-corrected chi connectivity index (χ3v) is 4.15. The second kappa shape index (κ2) is 6.09. The van der Waals surface area contributed by atoms with Crippen LogP contribution in [0.1, 0.15) is 25.8 Å². The Morgan fingerprint density at radius 1 is 0.905 bits per heavy atom. The maximum atomic E-state index is 4.60. The lowest BCUT2D eigenvalue weighted by molar-refractivity contribution is 0.476. The van der Waals surface area contributed by atoms with Crippen LogP contribution in [-0.4, -0.2) is 5.71 Å². The number of allylic oxidation sites excluding steroid dienone is 1. The first kappa shape index (κ1) is 13.8. The van der Waals surface area contributed by atoms with Crippen LogP contribution in [0.2, 0.25) is 0 Å². The summed E-state index contributed by atoms with van der Waals surface area (Å²) in [7, 11) is 0. The molecule has 0 spiro atoms. The quantitative estimate of drug-likeness (QED) is 0.717. The molecule has 0 saturated heterocycles. The Balaban J connectivity index is 1.91. The van der Waals surface area contributed by atoms with Crippen LogP contribution >= 0.6 is 0 Å². The molecular formula is C20H21N. The van der Waals surface area contributed by atoms with Crippen LogP contribution in [0.15, 0.2) is 71.9 Å². The van der Waals surface area contributed by atoms with E-state index in [1.807, 2.05) is 6.20 Å². The van der Waals surface area contributed by atoms with Crippen LogP contribution < -0.4 is 0 Å². The van der Waals surface area contributed by atoms with Gasteiger partial charge in [0, 0.05) is 11.9 Å². The van der Waals surface area contributed by atoms with Crippen LogP contribution in [0.4, 0.5) is 0 Å². The van der Waals surface area contributed by atoms with E-state index in [2.05, 4.69) is 79.5 Å². The normalized spacial score (nSPS) is 17.9. The zero-order chi connectivity index (χ0) is 14.7. The van der Waals surface area contributed by atoms with Gasteiger partial charge in [0.1, 0.15) is 0 Å². The minimum atomic E-state index is 0.595. The fourth-order valence-corrected chi connectivity index (χ4v) is 2.75. The van der Waals surface area contributed by atoms with Gasteiger partial charge in [-0.05, 0) is 41.0 Å². The van der Waals surface area contributed by atoms with Gasteiger partial charge in [-0.25, -0.2) is 0 Å². The van der Waals surface area contributed by atoms with Crippen molar-refractivity contribution in [3.05, 3.63) is 72.4 Å². The lowest BCUT2D eigenvalue weighted by Crippen LogP contribution is -2.15. The van der Waals surface area contributed by atoms with Crippen LogP contribution in [0.3, 0.4) is 0 Å². The summed E-state index contributed by atoms with van der Waals surface area (Å²) in [6, 6.07) is 19.2. The zero-order valence-electron chi connectivity index (χ0n) is 12.7. The first-order chi connectivity index (χ1) is 10.2. The second-order valence-electron chi connectivity index (χ2n) is 5.98.